The van der Waals surface area contributed by atoms with Crippen LogP contribution in [0, 0.1) is 0 Å². The van der Waals surface area contributed by atoms with Crippen LogP contribution >= 0.6 is 0 Å². The van der Waals surface area contributed by atoms with Crippen molar-refractivity contribution in [2.45, 2.75) is 25.7 Å². The van der Waals surface area contributed by atoms with E-state index in [0.29, 0.717) is 20.2 Å². The highest BCUT2D eigenvalue weighted by molar-refractivity contribution is 5.13. The molecule has 1 aliphatic rings. The van der Waals surface area contributed by atoms with Gasteiger partial charge in [-0.05, 0) is 12.0 Å². The normalized spacial score (nSPS) is 17.2. The third kappa shape index (κ3) is 4.83. The standard InChI is InChI=1S/C13H18O4/c1-2-5-12(6-3-1)9-14-8-4-7-13-16-10-15-11-17-13/h1-3,5-6,13H,4,7-11H2. The van der Waals surface area contributed by atoms with Gasteiger partial charge < -0.3 is 18.9 Å². The fourth-order valence-corrected chi connectivity index (χ4v) is 1.61. The Morgan fingerprint density at radius 1 is 1.12 bits per heavy atom. The second-order valence-corrected chi connectivity index (χ2v) is 3.88. The molecule has 4 nitrogen and oxygen atoms in total. The fourth-order valence-electron chi connectivity index (χ4n) is 1.61. The Balaban J connectivity index is 1.51. The minimum Gasteiger partial charge on any atom is -0.377 e. The molecule has 0 aliphatic carbocycles. The van der Waals surface area contributed by atoms with Crippen molar-refractivity contribution in [1.82, 2.24) is 0 Å². The van der Waals surface area contributed by atoms with E-state index in [0.717, 1.165) is 19.4 Å². The molecule has 0 atom stereocenters. The van der Waals surface area contributed by atoms with Crippen LogP contribution in [0.15, 0.2) is 30.3 Å². The molecule has 4 heteroatoms. The van der Waals surface area contributed by atoms with Gasteiger partial charge in [-0.1, -0.05) is 30.3 Å². The zero-order valence-corrected chi connectivity index (χ0v) is 9.84. The van der Waals surface area contributed by atoms with Gasteiger partial charge in [0.15, 0.2) is 19.9 Å². The molecule has 0 saturated carbocycles. The van der Waals surface area contributed by atoms with E-state index in [1.807, 2.05) is 18.2 Å². The van der Waals surface area contributed by atoms with E-state index in [1.165, 1.54) is 5.56 Å². The zero-order valence-electron chi connectivity index (χ0n) is 9.84. The molecule has 1 aromatic carbocycles. The van der Waals surface area contributed by atoms with Crippen molar-refractivity contribution < 1.29 is 18.9 Å². The summed E-state index contributed by atoms with van der Waals surface area (Å²) in [7, 11) is 0. The lowest BCUT2D eigenvalue weighted by atomic mass is 10.2. The third-order valence-corrected chi connectivity index (χ3v) is 2.51. The molecule has 1 heterocycles. The van der Waals surface area contributed by atoms with Crippen molar-refractivity contribution in [2.75, 3.05) is 20.2 Å². The quantitative estimate of drug-likeness (QED) is 0.712. The Morgan fingerprint density at radius 2 is 1.88 bits per heavy atom. The molecule has 1 aliphatic heterocycles. The monoisotopic (exact) mass is 238 g/mol. The first-order valence-electron chi connectivity index (χ1n) is 5.88. The second-order valence-electron chi connectivity index (χ2n) is 3.88. The van der Waals surface area contributed by atoms with Crippen LogP contribution in [-0.4, -0.2) is 26.5 Å². The van der Waals surface area contributed by atoms with Crippen LogP contribution < -0.4 is 0 Å². The zero-order chi connectivity index (χ0) is 11.8. The first-order chi connectivity index (χ1) is 8.45. The highest BCUT2D eigenvalue weighted by atomic mass is 16.8. The van der Waals surface area contributed by atoms with E-state index in [1.54, 1.807) is 0 Å². The summed E-state index contributed by atoms with van der Waals surface area (Å²) in [6.45, 7) is 2.04. The highest BCUT2D eigenvalue weighted by Gasteiger charge is 2.13. The molecule has 0 spiro atoms. The van der Waals surface area contributed by atoms with E-state index in [4.69, 9.17) is 18.9 Å². The van der Waals surface area contributed by atoms with Gasteiger partial charge >= 0.3 is 0 Å². The van der Waals surface area contributed by atoms with Gasteiger partial charge in [0, 0.05) is 13.0 Å². The van der Waals surface area contributed by atoms with Crippen molar-refractivity contribution in [3.8, 4) is 0 Å². The number of hydrogen-bond acceptors (Lipinski definition) is 4. The average molecular weight is 238 g/mol. The lowest BCUT2D eigenvalue weighted by Crippen LogP contribution is -2.26. The maximum Gasteiger partial charge on any atom is 0.163 e. The minimum atomic E-state index is -0.135. The van der Waals surface area contributed by atoms with Crippen molar-refractivity contribution in [3.63, 3.8) is 0 Å². The van der Waals surface area contributed by atoms with Crippen LogP contribution in [0.1, 0.15) is 18.4 Å². The summed E-state index contributed by atoms with van der Waals surface area (Å²) in [6, 6.07) is 10.2. The molecule has 1 fully saturated rings. The highest BCUT2D eigenvalue weighted by Crippen LogP contribution is 2.09. The van der Waals surface area contributed by atoms with Gasteiger partial charge in [0.1, 0.15) is 0 Å². The Bertz CT molecular complexity index is 296. The van der Waals surface area contributed by atoms with Gasteiger partial charge in [0.2, 0.25) is 0 Å². The Labute approximate surface area is 101 Å². The first kappa shape index (κ1) is 12.5. The van der Waals surface area contributed by atoms with Crippen LogP contribution in [0.5, 0.6) is 0 Å². The average Bonchev–Trinajstić information content (AvgIpc) is 2.41. The smallest absolute Gasteiger partial charge is 0.163 e. The van der Waals surface area contributed by atoms with Gasteiger partial charge in [0.25, 0.3) is 0 Å². The number of rotatable bonds is 6. The predicted molar refractivity (Wildman–Crippen MR) is 62.1 cm³/mol. The molecule has 17 heavy (non-hydrogen) atoms. The molecule has 0 N–H and O–H groups in total. The van der Waals surface area contributed by atoms with Gasteiger partial charge in [-0.15, -0.1) is 0 Å². The molecule has 0 unspecified atom stereocenters. The summed E-state index contributed by atoms with van der Waals surface area (Å²) < 4.78 is 21.0. The summed E-state index contributed by atoms with van der Waals surface area (Å²) in [6.07, 6.45) is 1.64. The van der Waals surface area contributed by atoms with E-state index < -0.39 is 0 Å². The Morgan fingerprint density at radius 3 is 2.65 bits per heavy atom. The first-order valence-corrected chi connectivity index (χ1v) is 5.88. The van der Waals surface area contributed by atoms with Gasteiger partial charge in [-0.2, -0.15) is 0 Å². The molecule has 94 valence electrons. The third-order valence-electron chi connectivity index (χ3n) is 2.51. The molecular weight excluding hydrogens is 220 g/mol. The number of ether oxygens (including phenoxy) is 4. The van der Waals surface area contributed by atoms with Crippen LogP contribution in [0.25, 0.3) is 0 Å². The van der Waals surface area contributed by atoms with E-state index in [-0.39, 0.29) is 6.29 Å². The van der Waals surface area contributed by atoms with Crippen LogP contribution in [0.3, 0.4) is 0 Å². The summed E-state index contributed by atoms with van der Waals surface area (Å²) >= 11 is 0. The lowest BCUT2D eigenvalue weighted by Gasteiger charge is -2.22. The summed E-state index contributed by atoms with van der Waals surface area (Å²) in [4.78, 5) is 0. The Kier molecular flexibility index (Phi) is 5.45. The summed E-state index contributed by atoms with van der Waals surface area (Å²) in [5, 5.41) is 0. The van der Waals surface area contributed by atoms with Crippen LogP contribution in [0.4, 0.5) is 0 Å². The largest absolute Gasteiger partial charge is 0.377 e. The molecule has 0 bridgehead atoms. The van der Waals surface area contributed by atoms with Gasteiger partial charge in [-0.25, -0.2) is 0 Å². The minimum absolute atomic E-state index is 0.135. The molecule has 2 rings (SSSR count). The van der Waals surface area contributed by atoms with Crippen molar-refractivity contribution in [2.24, 2.45) is 0 Å². The van der Waals surface area contributed by atoms with Gasteiger partial charge in [-0.3, -0.25) is 0 Å². The fraction of sp³-hybridized carbons (Fsp3) is 0.538. The van der Waals surface area contributed by atoms with Crippen molar-refractivity contribution >= 4 is 0 Å². The molecule has 1 aromatic rings. The van der Waals surface area contributed by atoms with Crippen molar-refractivity contribution in [3.05, 3.63) is 35.9 Å². The summed E-state index contributed by atoms with van der Waals surface area (Å²) in [5.74, 6) is 0. The lowest BCUT2D eigenvalue weighted by molar-refractivity contribution is -0.300. The van der Waals surface area contributed by atoms with Crippen molar-refractivity contribution in [1.29, 1.82) is 0 Å². The summed E-state index contributed by atoms with van der Waals surface area (Å²) in [5.41, 5.74) is 1.20. The topological polar surface area (TPSA) is 36.9 Å². The SMILES string of the molecule is c1ccc(COCCCC2OCOCO2)cc1. The molecule has 0 amide bonds. The van der Waals surface area contributed by atoms with Gasteiger partial charge in [0.05, 0.1) is 6.61 Å². The van der Waals surface area contributed by atoms with E-state index in [2.05, 4.69) is 12.1 Å². The maximum absolute atomic E-state index is 5.57. The van der Waals surface area contributed by atoms with Crippen LogP contribution in [0.2, 0.25) is 0 Å². The number of hydrogen-bond donors (Lipinski definition) is 0. The molecular formula is C13H18O4. The van der Waals surface area contributed by atoms with E-state index >= 15 is 0 Å². The molecule has 0 aromatic heterocycles. The number of benzene rings is 1. The Hall–Kier alpha value is -0.940. The maximum atomic E-state index is 5.57. The van der Waals surface area contributed by atoms with Crippen LogP contribution in [-0.2, 0) is 25.6 Å². The molecule has 0 radical (unpaired) electrons. The molecule has 1 saturated heterocycles. The predicted octanol–water partition coefficient (Wildman–Crippen LogP) is 2.29. The van der Waals surface area contributed by atoms with E-state index in [9.17, 15) is 0 Å². The second kappa shape index (κ2) is 7.40.